The lowest BCUT2D eigenvalue weighted by molar-refractivity contribution is -0.153. The Morgan fingerprint density at radius 1 is 1.82 bits per heavy atom. The molecule has 0 rings (SSSR count). The van der Waals surface area contributed by atoms with E-state index < -0.39 is 17.5 Å². The van der Waals surface area contributed by atoms with Crippen LogP contribution in [0.4, 0.5) is 0 Å². The van der Waals surface area contributed by atoms with Gasteiger partial charge in [0.2, 0.25) is 0 Å². The average Bonchev–Trinajstić information content (AvgIpc) is 1.87. The molecule has 0 aliphatic heterocycles. The number of hydrogen-bond donors (Lipinski definition) is 3. The number of carboxylic acid groups (broad SMARTS) is 1. The van der Waals surface area contributed by atoms with Crippen LogP contribution in [0.15, 0.2) is 0 Å². The SMILES string of the molecule is CC(O)C(C)(CC=N)C(=O)O. The van der Waals surface area contributed by atoms with E-state index in [1.807, 2.05) is 0 Å². The topological polar surface area (TPSA) is 81.4 Å². The molecule has 0 radical (unpaired) electrons. The minimum Gasteiger partial charge on any atom is -0.481 e. The predicted molar refractivity (Wildman–Crippen MR) is 40.8 cm³/mol. The minimum atomic E-state index is -1.22. The molecule has 0 spiro atoms. The van der Waals surface area contributed by atoms with Gasteiger partial charge in [0.25, 0.3) is 0 Å². The van der Waals surface area contributed by atoms with Gasteiger partial charge in [-0.2, -0.15) is 0 Å². The van der Waals surface area contributed by atoms with Gasteiger partial charge < -0.3 is 15.6 Å². The smallest absolute Gasteiger partial charge is 0.312 e. The number of nitrogens with one attached hydrogen (secondary N) is 1. The maximum Gasteiger partial charge on any atom is 0.312 e. The number of hydrogen-bond acceptors (Lipinski definition) is 3. The summed E-state index contributed by atoms with van der Waals surface area (Å²) in [7, 11) is 0. The quantitative estimate of drug-likeness (QED) is 0.522. The van der Waals surface area contributed by atoms with Crippen molar-refractivity contribution in [3.63, 3.8) is 0 Å². The summed E-state index contributed by atoms with van der Waals surface area (Å²) >= 11 is 0. The molecule has 64 valence electrons. The molecule has 0 amide bonds. The fourth-order valence-electron chi connectivity index (χ4n) is 0.649. The zero-order valence-corrected chi connectivity index (χ0v) is 6.66. The zero-order chi connectivity index (χ0) is 9.07. The van der Waals surface area contributed by atoms with Crippen LogP contribution < -0.4 is 0 Å². The fourth-order valence-corrected chi connectivity index (χ4v) is 0.649. The first-order chi connectivity index (χ1) is 4.95. The maximum absolute atomic E-state index is 10.6. The summed E-state index contributed by atoms with van der Waals surface area (Å²) in [5.41, 5.74) is -1.22. The molecule has 0 aliphatic carbocycles. The highest BCUT2D eigenvalue weighted by Crippen LogP contribution is 2.24. The lowest BCUT2D eigenvalue weighted by atomic mass is 9.82. The van der Waals surface area contributed by atoms with Crippen molar-refractivity contribution in [3.05, 3.63) is 0 Å². The molecular weight excluding hydrogens is 146 g/mol. The van der Waals surface area contributed by atoms with Crippen LogP contribution in [-0.2, 0) is 4.79 Å². The largest absolute Gasteiger partial charge is 0.481 e. The van der Waals surface area contributed by atoms with Gasteiger partial charge in [-0.25, -0.2) is 0 Å². The van der Waals surface area contributed by atoms with Crippen LogP contribution in [0.2, 0.25) is 0 Å². The van der Waals surface area contributed by atoms with Crippen LogP contribution in [0.1, 0.15) is 20.3 Å². The second-order valence-corrected chi connectivity index (χ2v) is 2.81. The third-order valence-corrected chi connectivity index (χ3v) is 1.94. The Morgan fingerprint density at radius 3 is 2.36 bits per heavy atom. The highest BCUT2D eigenvalue weighted by molar-refractivity contribution is 5.78. The van der Waals surface area contributed by atoms with Crippen LogP contribution in [-0.4, -0.2) is 28.5 Å². The summed E-state index contributed by atoms with van der Waals surface area (Å²) in [6.45, 7) is 2.84. The monoisotopic (exact) mass is 159 g/mol. The Morgan fingerprint density at radius 2 is 2.27 bits per heavy atom. The number of carboxylic acids is 1. The van der Waals surface area contributed by atoms with Gasteiger partial charge in [0.1, 0.15) is 0 Å². The van der Waals surface area contributed by atoms with Crippen molar-refractivity contribution in [1.82, 2.24) is 0 Å². The van der Waals surface area contributed by atoms with Crippen molar-refractivity contribution in [2.75, 3.05) is 0 Å². The lowest BCUT2D eigenvalue weighted by Gasteiger charge is -2.25. The van der Waals surface area contributed by atoms with Gasteiger partial charge >= 0.3 is 5.97 Å². The Balaban J connectivity index is 4.51. The molecule has 3 N–H and O–H groups in total. The van der Waals surface area contributed by atoms with Gasteiger partial charge in [-0.15, -0.1) is 0 Å². The molecule has 4 heteroatoms. The summed E-state index contributed by atoms with van der Waals surface area (Å²) in [5.74, 6) is -1.07. The normalized spacial score (nSPS) is 18.5. The molecular formula is C7H13NO3. The van der Waals surface area contributed by atoms with Crippen LogP contribution in [0.3, 0.4) is 0 Å². The third kappa shape index (κ3) is 2.01. The van der Waals surface area contributed by atoms with Crippen molar-refractivity contribution in [2.45, 2.75) is 26.4 Å². The molecule has 0 saturated carbocycles. The molecule has 2 unspecified atom stereocenters. The van der Waals surface area contributed by atoms with E-state index in [9.17, 15) is 4.79 Å². The summed E-state index contributed by atoms with van der Waals surface area (Å²) in [4.78, 5) is 10.6. The zero-order valence-electron chi connectivity index (χ0n) is 6.66. The molecule has 0 saturated heterocycles. The van der Waals surface area contributed by atoms with Gasteiger partial charge in [-0.1, -0.05) is 0 Å². The third-order valence-electron chi connectivity index (χ3n) is 1.94. The summed E-state index contributed by atoms with van der Waals surface area (Å²) in [6, 6.07) is 0. The van der Waals surface area contributed by atoms with Crippen molar-refractivity contribution in [3.8, 4) is 0 Å². The second-order valence-electron chi connectivity index (χ2n) is 2.81. The van der Waals surface area contributed by atoms with Crippen molar-refractivity contribution < 1.29 is 15.0 Å². The Kier molecular flexibility index (Phi) is 3.19. The number of rotatable bonds is 4. The molecule has 2 atom stereocenters. The van der Waals surface area contributed by atoms with Gasteiger partial charge in [-0.05, 0) is 20.1 Å². The van der Waals surface area contributed by atoms with Crippen LogP contribution in [0, 0.1) is 10.8 Å². The van der Waals surface area contributed by atoms with E-state index in [2.05, 4.69) is 0 Å². The Hall–Kier alpha value is -0.900. The lowest BCUT2D eigenvalue weighted by Crippen LogP contribution is -2.38. The molecule has 0 aliphatic rings. The number of aliphatic carboxylic acids is 1. The first kappa shape index (κ1) is 10.1. The molecule has 0 fully saturated rings. The Labute approximate surface area is 65.4 Å². The molecule has 0 aromatic carbocycles. The van der Waals surface area contributed by atoms with E-state index in [4.69, 9.17) is 15.6 Å². The van der Waals surface area contributed by atoms with E-state index in [1.165, 1.54) is 13.8 Å². The van der Waals surface area contributed by atoms with E-state index in [1.54, 1.807) is 0 Å². The average molecular weight is 159 g/mol. The predicted octanol–water partition coefficient (Wildman–Crippen LogP) is 0.498. The molecule has 0 aromatic rings. The molecule has 0 heterocycles. The number of aliphatic hydroxyl groups excluding tert-OH is 1. The standard InChI is InChI=1S/C7H13NO3/c1-5(9)7(2,3-4-8)6(10)11/h4-5,8-9H,3H2,1-2H3,(H,10,11). The maximum atomic E-state index is 10.6. The van der Waals surface area contributed by atoms with E-state index in [0.717, 1.165) is 6.21 Å². The van der Waals surface area contributed by atoms with Crippen molar-refractivity contribution in [2.24, 2.45) is 5.41 Å². The first-order valence-corrected chi connectivity index (χ1v) is 3.35. The fraction of sp³-hybridized carbons (Fsp3) is 0.714. The van der Waals surface area contributed by atoms with Crippen molar-refractivity contribution >= 4 is 12.2 Å². The van der Waals surface area contributed by atoms with Gasteiger partial charge in [0.05, 0.1) is 11.5 Å². The molecule has 4 nitrogen and oxygen atoms in total. The number of aliphatic hydroxyl groups is 1. The first-order valence-electron chi connectivity index (χ1n) is 3.35. The molecule has 0 aromatic heterocycles. The highest BCUT2D eigenvalue weighted by atomic mass is 16.4. The van der Waals surface area contributed by atoms with Gasteiger partial charge in [0, 0.05) is 6.42 Å². The summed E-state index contributed by atoms with van der Waals surface area (Å²) in [5, 5.41) is 24.5. The van der Waals surface area contributed by atoms with Crippen molar-refractivity contribution in [1.29, 1.82) is 5.41 Å². The second kappa shape index (κ2) is 3.48. The molecule has 11 heavy (non-hydrogen) atoms. The van der Waals surface area contributed by atoms with E-state index >= 15 is 0 Å². The minimum absolute atomic E-state index is 0.0556. The van der Waals surface area contributed by atoms with E-state index in [-0.39, 0.29) is 6.42 Å². The van der Waals surface area contributed by atoms with Gasteiger partial charge in [-0.3, -0.25) is 4.79 Å². The summed E-state index contributed by atoms with van der Waals surface area (Å²) < 4.78 is 0. The van der Waals surface area contributed by atoms with Crippen LogP contribution >= 0.6 is 0 Å². The van der Waals surface area contributed by atoms with Crippen LogP contribution in [0.25, 0.3) is 0 Å². The van der Waals surface area contributed by atoms with Crippen LogP contribution in [0.5, 0.6) is 0 Å². The Bertz CT molecular complexity index is 167. The highest BCUT2D eigenvalue weighted by Gasteiger charge is 2.37. The summed E-state index contributed by atoms with van der Waals surface area (Å²) in [6.07, 6.45) is 0.113. The van der Waals surface area contributed by atoms with Gasteiger partial charge in [0.15, 0.2) is 0 Å². The number of carbonyl (C=O) groups is 1. The molecule has 0 bridgehead atoms. The van der Waals surface area contributed by atoms with E-state index in [0.29, 0.717) is 0 Å².